The summed E-state index contributed by atoms with van der Waals surface area (Å²) in [6, 6.07) is 0. The van der Waals surface area contributed by atoms with E-state index in [-0.39, 0.29) is 22.8 Å². The van der Waals surface area contributed by atoms with Gasteiger partial charge in [-0.05, 0) is 38.2 Å². The van der Waals surface area contributed by atoms with E-state index in [0.717, 1.165) is 19.3 Å². The zero-order valence-electron chi connectivity index (χ0n) is 12.4. The highest BCUT2D eigenvalue weighted by atomic mass is 16.5. The van der Waals surface area contributed by atoms with Crippen molar-refractivity contribution < 1.29 is 14.3 Å². The maximum Gasteiger partial charge on any atom is 0.410 e. The summed E-state index contributed by atoms with van der Waals surface area (Å²) in [5, 5.41) is 0. The molecule has 0 unspecified atom stereocenters. The van der Waals surface area contributed by atoms with Crippen LogP contribution in [0, 0.1) is 5.41 Å². The minimum absolute atomic E-state index is 0.00909. The van der Waals surface area contributed by atoms with Gasteiger partial charge in [0.15, 0.2) is 5.78 Å². The van der Waals surface area contributed by atoms with Crippen molar-refractivity contribution in [1.82, 2.24) is 4.90 Å². The standard InChI is InChI=1S/C15H23NO3/c1-11(17)7-10-15-13(2,3)8-6-9-14(15,4)16(15)12(18)19-5/h7,10H,6,8-9H2,1-5H3/b10-7+/t14-,15+,16?/m1/s1. The number of hydrogen-bond acceptors (Lipinski definition) is 3. The lowest BCUT2D eigenvalue weighted by molar-refractivity contribution is -0.112. The van der Waals surface area contributed by atoms with Crippen LogP contribution in [-0.2, 0) is 9.53 Å². The van der Waals surface area contributed by atoms with Gasteiger partial charge >= 0.3 is 6.09 Å². The predicted octanol–water partition coefficient (Wildman–Crippen LogP) is 2.92. The summed E-state index contributed by atoms with van der Waals surface area (Å²) in [5.41, 5.74) is -0.676. The summed E-state index contributed by atoms with van der Waals surface area (Å²) in [7, 11) is 1.41. The number of nitrogens with zero attached hydrogens (tertiary/aromatic N) is 1. The topological polar surface area (TPSA) is 46.4 Å². The largest absolute Gasteiger partial charge is 0.453 e. The van der Waals surface area contributed by atoms with Gasteiger partial charge in [0.05, 0.1) is 18.2 Å². The van der Waals surface area contributed by atoms with Crippen LogP contribution in [0.3, 0.4) is 0 Å². The minimum atomic E-state index is -0.392. The van der Waals surface area contributed by atoms with E-state index in [0.29, 0.717) is 0 Å². The average Bonchev–Trinajstić information content (AvgIpc) is 2.87. The van der Waals surface area contributed by atoms with Gasteiger partial charge in [-0.1, -0.05) is 26.3 Å². The maximum atomic E-state index is 12.1. The fraction of sp³-hybridized carbons (Fsp3) is 0.733. The Morgan fingerprint density at radius 3 is 2.37 bits per heavy atom. The maximum absolute atomic E-state index is 12.1. The number of carbonyl (C=O) groups excluding carboxylic acids is 2. The van der Waals surface area contributed by atoms with Crippen molar-refractivity contribution in [2.24, 2.45) is 5.41 Å². The minimum Gasteiger partial charge on any atom is -0.453 e. The van der Waals surface area contributed by atoms with Gasteiger partial charge in [0.2, 0.25) is 0 Å². The first-order valence-corrected chi connectivity index (χ1v) is 6.81. The van der Waals surface area contributed by atoms with Crippen molar-refractivity contribution in [3.05, 3.63) is 12.2 Å². The van der Waals surface area contributed by atoms with E-state index in [1.807, 2.05) is 11.0 Å². The first-order valence-electron chi connectivity index (χ1n) is 6.81. The molecule has 106 valence electrons. The molecule has 2 aliphatic rings. The molecule has 4 heteroatoms. The second-order valence-electron chi connectivity index (χ2n) is 6.53. The highest BCUT2D eigenvalue weighted by molar-refractivity contribution is 5.88. The van der Waals surface area contributed by atoms with E-state index in [1.165, 1.54) is 14.0 Å². The second kappa shape index (κ2) is 4.09. The number of carbonyl (C=O) groups is 2. The molecule has 0 aromatic rings. The summed E-state index contributed by atoms with van der Waals surface area (Å²) in [6.45, 7) is 7.95. The summed E-state index contributed by atoms with van der Waals surface area (Å²) >= 11 is 0. The Balaban J connectivity index is 2.48. The Kier molecular flexibility index (Phi) is 3.03. The Morgan fingerprint density at radius 2 is 1.84 bits per heavy atom. The molecule has 0 radical (unpaired) electrons. The van der Waals surface area contributed by atoms with Crippen LogP contribution in [0.15, 0.2) is 12.2 Å². The first-order chi connectivity index (χ1) is 8.73. The molecule has 0 N–H and O–H groups in total. The third-order valence-corrected chi connectivity index (χ3v) is 5.03. The first kappa shape index (κ1) is 14.1. The lowest BCUT2D eigenvalue weighted by Gasteiger charge is -2.38. The molecule has 1 amide bonds. The van der Waals surface area contributed by atoms with Crippen LogP contribution in [0.25, 0.3) is 0 Å². The molecule has 1 aliphatic heterocycles. The van der Waals surface area contributed by atoms with Gasteiger partial charge < -0.3 is 4.74 Å². The SMILES string of the molecule is COC(=O)N1[C@]2(C)CCCC(C)(C)[C@]12/C=C/C(C)=O. The quantitative estimate of drug-likeness (QED) is 0.569. The molecule has 2 rings (SSSR count). The van der Waals surface area contributed by atoms with Crippen molar-refractivity contribution in [2.45, 2.75) is 58.0 Å². The van der Waals surface area contributed by atoms with Crippen LogP contribution in [0.4, 0.5) is 4.79 Å². The van der Waals surface area contributed by atoms with E-state index in [2.05, 4.69) is 20.8 Å². The normalized spacial score (nSPS) is 35.9. The summed E-state index contributed by atoms with van der Waals surface area (Å²) in [4.78, 5) is 25.2. The Bertz CT molecular complexity index is 454. The number of likely N-dealkylation sites (tertiary alicyclic amines) is 1. The zero-order valence-corrected chi connectivity index (χ0v) is 12.4. The molecule has 1 saturated carbocycles. The number of hydrogen-bond donors (Lipinski definition) is 0. The van der Waals surface area contributed by atoms with Gasteiger partial charge in [-0.3, -0.25) is 9.69 Å². The van der Waals surface area contributed by atoms with Gasteiger partial charge in [-0.25, -0.2) is 4.79 Å². The highest BCUT2D eigenvalue weighted by Crippen LogP contribution is 2.68. The molecule has 19 heavy (non-hydrogen) atoms. The van der Waals surface area contributed by atoms with Gasteiger partial charge in [0, 0.05) is 0 Å². The van der Waals surface area contributed by atoms with Crippen LogP contribution in [0.2, 0.25) is 0 Å². The van der Waals surface area contributed by atoms with Crippen LogP contribution < -0.4 is 0 Å². The smallest absolute Gasteiger partial charge is 0.410 e. The molecule has 4 nitrogen and oxygen atoms in total. The Labute approximate surface area is 114 Å². The average molecular weight is 265 g/mol. The molecule has 0 aromatic carbocycles. The number of ketones is 1. The van der Waals surface area contributed by atoms with Crippen LogP contribution in [0.5, 0.6) is 0 Å². The van der Waals surface area contributed by atoms with Crippen LogP contribution in [-0.4, -0.2) is 35.0 Å². The van der Waals surface area contributed by atoms with E-state index < -0.39 is 5.54 Å². The van der Waals surface area contributed by atoms with Crippen LogP contribution in [0.1, 0.15) is 47.0 Å². The fourth-order valence-corrected chi connectivity index (χ4v) is 4.10. The summed E-state index contributed by atoms with van der Waals surface area (Å²) < 4.78 is 4.92. The second-order valence-corrected chi connectivity index (χ2v) is 6.53. The lowest BCUT2D eigenvalue weighted by Crippen LogP contribution is -2.42. The molecule has 0 aromatic heterocycles. The molecule has 0 spiro atoms. The van der Waals surface area contributed by atoms with Crippen LogP contribution >= 0.6 is 0 Å². The number of fused-ring (bicyclic) bond motifs is 1. The van der Waals surface area contributed by atoms with Crippen molar-refractivity contribution in [3.63, 3.8) is 0 Å². The lowest BCUT2D eigenvalue weighted by atomic mass is 9.64. The van der Waals surface area contributed by atoms with Crippen molar-refractivity contribution >= 4 is 11.9 Å². The monoisotopic (exact) mass is 265 g/mol. The van der Waals surface area contributed by atoms with E-state index in [9.17, 15) is 9.59 Å². The third kappa shape index (κ3) is 1.65. The van der Waals surface area contributed by atoms with Crippen molar-refractivity contribution in [3.8, 4) is 0 Å². The molecule has 1 aliphatic carbocycles. The molecule has 0 bridgehead atoms. The van der Waals surface area contributed by atoms with Gasteiger partial charge in [-0.15, -0.1) is 0 Å². The number of allylic oxidation sites excluding steroid dienone is 1. The molecule has 1 saturated heterocycles. The Morgan fingerprint density at radius 1 is 1.21 bits per heavy atom. The van der Waals surface area contributed by atoms with E-state index in [4.69, 9.17) is 4.74 Å². The summed E-state index contributed by atoms with van der Waals surface area (Å²) in [6.07, 6.45) is 6.30. The molecule has 2 atom stereocenters. The van der Waals surface area contributed by atoms with Gasteiger partial charge in [0.1, 0.15) is 0 Å². The number of amides is 1. The van der Waals surface area contributed by atoms with Gasteiger partial charge in [-0.2, -0.15) is 0 Å². The zero-order chi connectivity index (χ0) is 14.5. The predicted molar refractivity (Wildman–Crippen MR) is 72.8 cm³/mol. The van der Waals surface area contributed by atoms with E-state index >= 15 is 0 Å². The third-order valence-electron chi connectivity index (χ3n) is 5.03. The highest BCUT2D eigenvalue weighted by Gasteiger charge is 2.79. The Hall–Kier alpha value is -1.32. The molecular formula is C15H23NO3. The number of rotatable bonds is 2. The van der Waals surface area contributed by atoms with Gasteiger partial charge in [0.25, 0.3) is 0 Å². The molecule has 2 fully saturated rings. The number of methoxy groups -OCH3 is 1. The number of ether oxygens (including phenoxy) is 1. The fourth-order valence-electron chi connectivity index (χ4n) is 4.10. The molecule has 1 heterocycles. The summed E-state index contributed by atoms with van der Waals surface area (Å²) in [5.74, 6) is 0.00909. The van der Waals surface area contributed by atoms with Crippen molar-refractivity contribution in [2.75, 3.05) is 7.11 Å². The van der Waals surface area contributed by atoms with Crippen molar-refractivity contribution in [1.29, 1.82) is 0 Å². The van der Waals surface area contributed by atoms with E-state index in [1.54, 1.807) is 6.08 Å². The molecular weight excluding hydrogens is 242 g/mol.